The number of hydrogen-bond acceptors (Lipinski definition) is 3. The highest BCUT2D eigenvalue weighted by Gasteiger charge is 2.12. The SMILES string of the molecule is CCC[C@@H](C)c1ccc2oc(-c3ccc(Cl)c(N)c3)nc2c1. The highest BCUT2D eigenvalue weighted by Crippen LogP contribution is 2.30. The Morgan fingerprint density at radius 2 is 2.05 bits per heavy atom. The molecule has 0 aliphatic heterocycles. The predicted octanol–water partition coefficient (Wildman–Crippen LogP) is 5.63. The first-order chi connectivity index (χ1) is 10.6. The van der Waals surface area contributed by atoms with Crippen LogP contribution < -0.4 is 5.73 Å². The van der Waals surface area contributed by atoms with E-state index in [4.69, 9.17) is 21.8 Å². The molecule has 0 saturated heterocycles. The van der Waals surface area contributed by atoms with Crippen molar-refractivity contribution in [3.8, 4) is 11.5 Å². The molecule has 22 heavy (non-hydrogen) atoms. The van der Waals surface area contributed by atoms with Crippen LogP contribution in [0.25, 0.3) is 22.6 Å². The van der Waals surface area contributed by atoms with Gasteiger partial charge in [0.15, 0.2) is 5.58 Å². The van der Waals surface area contributed by atoms with Crippen LogP contribution in [0.15, 0.2) is 40.8 Å². The Morgan fingerprint density at radius 1 is 1.23 bits per heavy atom. The molecule has 1 aromatic heterocycles. The molecule has 3 nitrogen and oxygen atoms in total. The quantitative estimate of drug-likeness (QED) is 0.634. The number of nitrogens with two attached hydrogens (primary N) is 1. The molecule has 0 unspecified atom stereocenters. The van der Waals surface area contributed by atoms with Crippen LogP contribution in [0.1, 0.15) is 38.2 Å². The average molecular weight is 315 g/mol. The molecule has 3 rings (SSSR count). The van der Waals surface area contributed by atoms with Crippen molar-refractivity contribution < 1.29 is 4.42 Å². The number of nitrogen functional groups attached to an aromatic ring is 1. The number of nitrogens with zero attached hydrogens (tertiary/aromatic N) is 1. The average Bonchev–Trinajstić information content (AvgIpc) is 2.93. The van der Waals surface area contributed by atoms with Crippen molar-refractivity contribution in [2.45, 2.75) is 32.6 Å². The highest BCUT2D eigenvalue weighted by molar-refractivity contribution is 6.33. The summed E-state index contributed by atoms with van der Waals surface area (Å²) in [5.74, 6) is 1.10. The molecular weight excluding hydrogens is 296 g/mol. The molecule has 0 bridgehead atoms. The molecule has 0 fully saturated rings. The van der Waals surface area contributed by atoms with Gasteiger partial charge < -0.3 is 10.2 Å². The lowest BCUT2D eigenvalue weighted by atomic mass is 9.96. The summed E-state index contributed by atoms with van der Waals surface area (Å²) in [5, 5.41) is 0.538. The topological polar surface area (TPSA) is 52.0 Å². The molecular formula is C18H19ClN2O. The monoisotopic (exact) mass is 314 g/mol. The minimum absolute atomic E-state index is 0.527. The summed E-state index contributed by atoms with van der Waals surface area (Å²) in [6.07, 6.45) is 2.34. The van der Waals surface area contributed by atoms with Crippen molar-refractivity contribution in [2.75, 3.05) is 5.73 Å². The number of benzene rings is 2. The van der Waals surface area contributed by atoms with Crippen LogP contribution in [0.5, 0.6) is 0 Å². The van der Waals surface area contributed by atoms with E-state index in [1.807, 2.05) is 12.1 Å². The van der Waals surface area contributed by atoms with Crippen LogP contribution in [0.3, 0.4) is 0 Å². The van der Waals surface area contributed by atoms with E-state index in [2.05, 4.69) is 31.0 Å². The lowest BCUT2D eigenvalue weighted by Gasteiger charge is -2.09. The molecule has 0 radical (unpaired) electrons. The van der Waals surface area contributed by atoms with Crippen molar-refractivity contribution in [1.82, 2.24) is 4.98 Å². The Bertz CT molecular complexity index is 810. The summed E-state index contributed by atoms with van der Waals surface area (Å²) < 4.78 is 5.83. The third-order valence-electron chi connectivity index (χ3n) is 3.95. The zero-order valence-corrected chi connectivity index (χ0v) is 13.5. The number of rotatable bonds is 4. The molecule has 114 valence electrons. The number of hydrogen-bond donors (Lipinski definition) is 1. The maximum atomic E-state index is 5.96. The highest BCUT2D eigenvalue weighted by atomic mass is 35.5. The molecule has 0 spiro atoms. The minimum Gasteiger partial charge on any atom is -0.436 e. The van der Waals surface area contributed by atoms with E-state index in [-0.39, 0.29) is 0 Å². The van der Waals surface area contributed by atoms with E-state index in [1.54, 1.807) is 12.1 Å². The Kier molecular flexibility index (Phi) is 4.08. The number of halogens is 1. The zero-order valence-electron chi connectivity index (χ0n) is 12.8. The number of fused-ring (bicyclic) bond motifs is 1. The molecule has 0 aliphatic rings. The second-order valence-electron chi connectivity index (χ2n) is 5.67. The fourth-order valence-electron chi connectivity index (χ4n) is 2.65. The smallest absolute Gasteiger partial charge is 0.227 e. The van der Waals surface area contributed by atoms with E-state index in [0.29, 0.717) is 22.5 Å². The van der Waals surface area contributed by atoms with E-state index in [1.165, 1.54) is 18.4 Å². The molecule has 4 heteroatoms. The van der Waals surface area contributed by atoms with Crippen LogP contribution >= 0.6 is 11.6 Å². The number of aromatic nitrogens is 1. The molecule has 1 heterocycles. The van der Waals surface area contributed by atoms with Crippen molar-refractivity contribution in [1.29, 1.82) is 0 Å². The van der Waals surface area contributed by atoms with Crippen LogP contribution in [-0.4, -0.2) is 4.98 Å². The number of anilines is 1. The Morgan fingerprint density at radius 3 is 2.77 bits per heavy atom. The van der Waals surface area contributed by atoms with Crippen molar-refractivity contribution in [2.24, 2.45) is 0 Å². The van der Waals surface area contributed by atoms with E-state index >= 15 is 0 Å². The molecule has 1 atom stereocenters. The number of oxazole rings is 1. The van der Waals surface area contributed by atoms with Gasteiger partial charge in [-0.15, -0.1) is 0 Å². The predicted molar refractivity (Wildman–Crippen MR) is 92.2 cm³/mol. The van der Waals surface area contributed by atoms with Gasteiger partial charge in [-0.1, -0.05) is 37.9 Å². The standard InChI is InChI=1S/C18H19ClN2O/c1-3-4-11(2)12-6-8-17-16(10-12)21-18(22-17)13-5-7-14(19)15(20)9-13/h5-11H,3-4,20H2,1-2H3/t11-/m1/s1. The third-order valence-corrected chi connectivity index (χ3v) is 4.29. The largest absolute Gasteiger partial charge is 0.436 e. The van der Waals surface area contributed by atoms with Gasteiger partial charge in [-0.2, -0.15) is 0 Å². The first-order valence-corrected chi connectivity index (χ1v) is 7.92. The van der Waals surface area contributed by atoms with Gasteiger partial charge in [0.05, 0.1) is 10.7 Å². The molecule has 0 amide bonds. The van der Waals surface area contributed by atoms with Gasteiger partial charge in [-0.05, 0) is 48.2 Å². The summed E-state index contributed by atoms with van der Waals surface area (Å²) in [6, 6.07) is 11.6. The van der Waals surface area contributed by atoms with Crippen molar-refractivity contribution >= 4 is 28.4 Å². The van der Waals surface area contributed by atoms with Gasteiger partial charge in [0.2, 0.25) is 5.89 Å². The molecule has 2 N–H and O–H groups in total. The van der Waals surface area contributed by atoms with Crippen molar-refractivity contribution in [3.63, 3.8) is 0 Å². The summed E-state index contributed by atoms with van der Waals surface area (Å²) in [5.41, 5.74) is 10.2. The maximum Gasteiger partial charge on any atom is 0.227 e. The first-order valence-electron chi connectivity index (χ1n) is 7.54. The van der Waals surface area contributed by atoms with Gasteiger partial charge in [-0.3, -0.25) is 0 Å². The van der Waals surface area contributed by atoms with E-state index < -0.39 is 0 Å². The fourth-order valence-corrected chi connectivity index (χ4v) is 2.77. The minimum atomic E-state index is 0.527. The Hall–Kier alpha value is -2.00. The van der Waals surface area contributed by atoms with Crippen LogP contribution in [0.4, 0.5) is 5.69 Å². The summed E-state index contributed by atoms with van der Waals surface area (Å²) >= 11 is 5.96. The van der Waals surface area contributed by atoms with E-state index in [0.717, 1.165) is 16.7 Å². The fraction of sp³-hybridized carbons (Fsp3) is 0.278. The second-order valence-corrected chi connectivity index (χ2v) is 6.08. The van der Waals surface area contributed by atoms with Gasteiger partial charge >= 0.3 is 0 Å². The lowest BCUT2D eigenvalue weighted by Crippen LogP contribution is -1.92. The van der Waals surface area contributed by atoms with Gasteiger partial charge in [0.25, 0.3) is 0 Å². The van der Waals surface area contributed by atoms with Crippen molar-refractivity contribution in [3.05, 3.63) is 47.0 Å². The third kappa shape index (κ3) is 2.81. The zero-order chi connectivity index (χ0) is 15.7. The van der Waals surface area contributed by atoms with Gasteiger partial charge in [-0.25, -0.2) is 4.98 Å². The van der Waals surface area contributed by atoms with Crippen LogP contribution in [-0.2, 0) is 0 Å². The molecule has 0 aliphatic carbocycles. The van der Waals surface area contributed by atoms with Crippen LogP contribution in [0.2, 0.25) is 5.02 Å². The lowest BCUT2D eigenvalue weighted by molar-refractivity contribution is 0.619. The van der Waals surface area contributed by atoms with Gasteiger partial charge in [0.1, 0.15) is 5.52 Å². The van der Waals surface area contributed by atoms with E-state index in [9.17, 15) is 0 Å². The summed E-state index contributed by atoms with van der Waals surface area (Å²) in [4.78, 5) is 4.59. The van der Waals surface area contributed by atoms with Gasteiger partial charge in [0, 0.05) is 5.56 Å². The maximum absolute atomic E-state index is 5.96. The summed E-state index contributed by atoms with van der Waals surface area (Å²) in [7, 11) is 0. The first kappa shape index (κ1) is 14.9. The Balaban J connectivity index is 2.00. The second kappa shape index (κ2) is 6.01. The molecule has 3 aromatic rings. The Labute approximate surface area is 135 Å². The molecule has 2 aromatic carbocycles. The summed E-state index contributed by atoms with van der Waals surface area (Å²) in [6.45, 7) is 4.44. The molecule has 0 saturated carbocycles. The normalized spacial score (nSPS) is 12.7. The van der Waals surface area contributed by atoms with Crippen LogP contribution in [0, 0.1) is 0 Å².